The third kappa shape index (κ3) is 6.03. The van der Waals surface area contributed by atoms with E-state index in [0.29, 0.717) is 12.5 Å². The second kappa shape index (κ2) is 8.48. The molecule has 2 N–H and O–H groups in total. The summed E-state index contributed by atoms with van der Waals surface area (Å²) in [5.74, 6) is 0.143. The molecule has 1 aliphatic heterocycles. The zero-order valence-electron chi connectivity index (χ0n) is 11.3. The van der Waals surface area contributed by atoms with Gasteiger partial charge in [-0.25, -0.2) is 0 Å². The Morgan fingerprint density at radius 2 is 2.06 bits per heavy atom. The molecule has 0 aromatic heterocycles. The van der Waals surface area contributed by atoms with Crippen molar-refractivity contribution in [3.63, 3.8) is 0 Å². The number of hydrogen-bond donors (Lipinski definition) is 2. The summed E-state index contributed by atoms with van der Waals surface area (Å²) in [6, 6.07) is 0.660. The van der Waals surface area contributed by atoms with E-state index in [1.807, 2.05) is 0 Å². The Balaban J connectivity index is 2.00. The molecule has 4 heteroatoms. The quantitative estimate of drug-likeness (QED) is 0.653. The molecule has 1 aliphatic rings. The Kier molecular flexibility index (Phi) is 7.21. The molecule has 0 radical (unpaired) electrons. The van der Waals surface area contributed by atoms with Gasteiger partial charge < -0.3 is 15.5 Å². The van der Waals surface area contributed by atoms with Crippen LogP contribution in [0.3, 0.4) is 0 Å². The maximum absolute atomic E-state index is 11.0. The molecule has 17 heavy (non-hydrogen) atoms. The van der Waals surface area contributed by atoms with Crippen molar-refractivity contribution < 1.29 is 4.79 Å². The van der Waals surface area contributed by atoms with Crippen LogP contribution in [0, 0.1) is 0 Å². The van der Waals surface area contributed by atoms with Crippen molar-refractivity contribution in [1.82, 2.24) is 15.5 Å². The fraction of sp³-hybridized carbons (Fsp3) is 0.923. The van der Waals surface area contributed by atoms with E-state index in [9.17, 15) is 4.79 Å². The highest BCUT2D eigenvalue weighted by atomic mass is 16.1. The Hall–Kier alpha value is -0.610. The van der Waals surface area contributed by atoms with Gasteiger partial charge in [0.2, 0.25) is 5.91 Å². The predicted molar refractivity (Wildman–Crippen MR) is 71.1 cm³/mol. The van der Waals surface area contributed by atoms with E-state index in [0.717, 1.165) is 13.0 Å². The van der Waals surface area contributed by atoms with Gasteiger partial charge in [0, 0.05) is 19.5 Å². The average molecular weight is 241 g/mol. The van der Waals surface area contributed by atoms with Gasteiger partial charge in [-0.15, -0.1) is 0 Å². The molecular weight excluding hydrogens is 214 g/mol. The average Bonchev–Trinajstić information content (AvgIpc) is 2.36. The lowest BCUT2D eigenvalue weighted by atomic mass is 10.0. The van der Waals surface area contributed by atoms with Crippen LogP contribution in [0.5, 0.6) is 0 Å². The number of nitrogens with zero attached hydrogens (tertiary/aromatic N) is 1. The minimum absolute atomic E-state index is 0.143. The number of rotatable bonds is 7. The molecule has 1 saturated heterocycles. The smallest absolute Gasteiger partial charge is 0.219 e. The second-order valence-corrected chi connectivity index (χ2v) is 4.85. The Morgan fingerprint density at radius 1 is 1.35 bits per heavy atom. The van der Waals surface area contributed by atoms with Crippen LogP contribution in [-0.4, -0.2) is 50.1 Å². The van der Waals surface area contributed by atoms with Crippen molar-refractivity contribution in [2.45, 2.75) is 45.1 Å². The van der Waals surface area contributed by atoms with Crippen LogP contribution in [0.4, 0.5) is 0 Å². The van der Waals surface area contributed by atoms with Gasteiger partial charge in [0.25, 0.3) is 0 Å². The third-order valence-corrected chi connectivity index (χ3v) is 3.42. The van der Waals surface area contributed by atoms with Gasteiger partial charge in [-0.3, -0.25) is 4.79 Å². The highest BCUT2D eigenvalue weighted by Crippen LogP contribution is 2.10. The number of amides is 1. The summed E-state index contributed by atoms with van der Waals surface area (Å²) in [6.45, 7) is 6.89. The predicted octanol–water partition coefficient (Wildman–Crippen LogP) is 0.977. The molecule has 0 unspecified atom stereocenters. The molecule has 0 atom stereocenters. The van der Waals surface area contributed by atoms with Crippen LogP contribution in [0.15, 0.2) is 0 Å². The summed E-state index contributed by atoms with van der Waals surface area (Å²) < 4.78 is 0. The standard InChI is InChI=1S/C13H27N3O/c1-3-9-16-10-6-12(7-11-16)15-8-4-5-13(17)14-2/h12,15H,3-11H2,1-2H3,(H,14,17). The first-order valence-electron chi connectivity index (χ1n) is 6.92. The molecule has 0 saturated carbocycles. The Morgan fingerprint density at radius 3 is 2.65 bits per heavy atom. The summed E-state index contributed by atoms with van der Waals surface area (Å²) in [7, 11) is 1.69. The Bertz CT molecular complexity index is 213. The van der Waals surface area contributed by atoms with Crippen molar-refractivity contribution in [3.05, 3.63) is 0 Å². The molecule has 1 rings (SSSR count). The number of nitrogens with one attached hydrogen (secondary N) is 2. The SMILES string of the molecule is CCCN1CCC(NCCCC(=O)NC)CC1. The van der Waals surface area contributed by atoms with Crippen molar-refractivity contribution in [2.75, 3.05) is 33.2 Å². The molecular formula is C13H27N3O. The summed E-state index contributed by atoms with van der Waals surface area (Å²) in [5, 5.41) is 6.21. The summed E-state index contributed by atoms with van der Waals surface area (Å²) in [5.41, 5.74) is 0. The van der Waals surface area contributed by atoms with Crippen LogP contribution in [0.1, 0.15) is 39.0 Å². The molecule has 0 aromatic carbocycles. The number of piperidine rings is 1. The highest BCUT2D eigenvalue weighted by molar-refractivity contribution is 5.75. The van der Waals surface area contributed by atoms with Crippen molar-refractivity contribution in [2.24, 2.45) is 0 Å². The van der Waals surface area contributed by atoms with Crippen LogP contribution in [-0.2, 0) is 4.79 Å². The number of hydrogen-bond acceptors (Lipinski definition) is 3. The monoisotopic (exact) mass is 241 g/mol. The summed E-state index contributed by atoms with van der Waals surface area (Å²) >= 11 is 0. The van der Waals surface area contributed by atoms with Crippen molar-refractivity contribution in [3.8, 4) is 0 Å². The molecule has 1 fully saturated rings. The number of likely N-dealkylation sites (tertiary alicyclic amines) is 1. The molecule has 1 amide bonds. The second-order valence-electron chi connectivity index (χ2n) is 4.85. The van der Waals surface area contributed by atoms with E-state index < -0.39 is 0 Å². The van der Waals surface area contributed by atoms with Gasteiger partial charge in [-0.2, -0.15) is 0 Å². The van der Waals surface area contributed by atoms with Gasteiger partial charge in [-0.05, 0) is 51.9 Å². The molecule has 0 aliphatic carbocycles. The minimum atomic E-state index is 0.143. The first-order valence-corrected chi connectivity index (χ1v) is 6.92. The fourth-order valence-electron chi connectivity index (χ4n) is 2.36. The normalized spacial score (nSPS) is 18.2. The van der Waals surface area contributed by atoms with Gasteiger partial charge >= 0.3 is 0 Å². The summed E-state index contributed by atoms with van der Waals surface area (Å²) in [6.07, 6.45) is 5.33. The van der Waals surface area contributed by atoms with Crippen LogP contribution >= 0.6 is 0 Å². The lowest BCUT2D eigenvalue weighted by Gasteiger charge is -2.32. The number of carbonyl (C=O) groups is 1. The fourth-order valence-corrected chi connectivity index (χ4v) is 2.36. The van der Waals surface area contributed by atoms with E-state index in [2.05, 4.69) is 22.5 Å². The van der Waals surface area contributed by atoms with Crippen molar-refractivity contribution >= 4 is 5.91 Å². The van der Waals surface area contributed by atoms with Crippen LogP contribution < -0.4 is 10.6 Å². The summed E-state index contributed by atoms with van der Waals surface area (Å²) in [4.78, 5) is 13.6. The van der Waals surface area contributed by atoms with E-state index in [1.54, 1.807) is 7.05 Å². The van der Waals surface area contributed by atoms with Gasteiger partial charge in [0.15, 0.2) is 0 Å². The lowest BCUT2D eigenvalue weighted by Crippen LogP contribution is -2.43. The molecule has 100 valence electrons. The molecule has 4 nitrogen and oxygen atoms in total. The number of carbonyl (C=O) groups excluding carboxylic acids is 1. The van der Waals surface area contributed by atoms with Crippen LogP contribution in [0.2, 0.25) is 0 Å². The van der Waals surface area contributed by atoms with Gasteiger partial charge in [0.1, 0.15) is 0 Å². The zero-order valence-corrected chi connectivity index (χ0v) is 11.3. The van der Waals surface area contributed by atoms with E-state index in [1.165, 1.54) is 38.9 Å². The highest BCUT2D eigenvalue weighted by Gasteiger charge is 2.17. The first-order chi connectivity index (χ1) is 8.26. The van der Waals surface area contributed by atoms with Crippen LogP contribution in [0.25, 0.3) is 0 Å². The Labute approximate surface area is 105 Å². The van der Waals surface area contributed by atoms with Gasteiger partial charge in [-0.1, -0.05) is 6.92 Å². The largest absolute Gasteiger partial charge is 0.359 e. The molecule has 0 spiro atoms. The topological polar surface area (TPSA) is 44.4 Å². The maximum atomic E-state index is 11.0. The van der Waals surface area contributed by atoms with Gasteiger partial charge in [0.05, 0.1) is 0 Å². The first kappa shape index (κ1) is 14.5. The molecule has 1 heterocycles. The van der Waals surface area contributed by atoms with E-state index in [4.69, 9.17) is 0 Å². The maximum Gasteiger partial charge on any atom is 0.219 e. The third-order valence-electron chi connectivity index (χ3n) is 3.42. The van der Waals surface area contributed by atoms with E-state index in [-0.39, 0.29) is 5.91 Å². The minimum Gasteiger partial charge on any atom is -0.359 e. The molecule has 0 bridgehead atoms. The lowest BCUT2D eigenvalue weighted by molar-refractivity contribution is -0.120. The van der Waals surface area contributed by atoms with E-state index >= 15 is 0 Å². The van der Waals surface area contributed by atoms with Crippen molar-refractivity contribution in [1.29, 1.82) is 0 Å². The molecule has 0 aromatic rings. The zero-order chi connectivity index (χ0) is 12.5.